The first-order chi connectivity index (χ1) is 11.6. The summed E-state index contributed by atoms with van der Waals surface area (Å²) in [5.41, 5.74) is 0. The van der Waals surface area contributed by atoms with E-state index in [4.69, 9.17) is 38.5 Å². The second kappa shape index (κ2) is 97.9. The molecule has 0 aromatic rings. The van der Waals surface area contributed by atoms with Crippen LogP contribution in [0.2, 0.25) is 0 Å². The van der Waals surface area contributed by atoms with Crippen molar-refractivity contribution in [3.63, 3.8) is 0 Å². The zero-order valence-electron chi connectivity index (χ0n) is 24.9. The van der Waals surface area contributed by atoms with E-state index in [1.54, 1.807) is 0 Å². The minimum Gasteiger partial charge on any atom is -2.00 e. The fraction of sp³-hybridized carbons (Fsp3) is 1.00. The molecule has 326 valence electrons. The van der Waals surface area contributed by atoms with Gasteiger partial charge in [0.05, 0.1) is 15.6 Å². The molecule has 36 heteroatoms. The smallest absolute Gasteiger partial charge is 0.133 e. The van der Waals surface area contributed by atoms with Crippen molar-refractivity contribution in [2.45, 2.75) is 51.9 Å². The molecule has 0 aromatic carbocycles. The summed E-state index contributed by atoms with van der Waals surface area (Å²) in [6.45, 7) is 14.3. The first-order valence-corrected chi connectivity index (χ1v) is 11.4. The summed E-state index contributed by atoms with van der Waals surface area (Å²) in [6.07, 6.45) is 0. The van der Waals surface area contributed by atoms with E-state index in [0.29, 0.717) is 0 Å². The van der Waals surface area contributed by atoms with E-state index in [-0.39, 0.29) is 198 Å². The van der Waals surface area contributed by atoms with Gasteiger partial charge >= 0.3 is 0 Å². The molecule has 2 rings (SSSR count). The van der Waals surface area contributed by atoms with Gasteiger partial charge in [0.1, 0.15) is 50.3 Å². The van der Waals surface area contributed by atoms with Gasteiger partial charge in [0.15, 0.2) is 0 Å². The number of phosphoric acid groups is 2. The molecule has 2 fully saturated rings. The van der Waals surface area contributed by atoms with Crippen molar-refractivity contribution in [1.29, 1.82) is 0 Å². The maximum Gasteiger partial charge on any atom is 0.133 e. The van der Waals surface area contributed by atoms with E-state index in [2.05, 4.69) is 49.0 Å². The predicted octanol–water partition coefficient (Wildman–Crippen LogP) is -12.0. The molecule has 0 saturated carbocycles. The molecule has 4 atom stereocenters. The van der Waals surface area contributed by atoms with Crippen LogP contribution in [0.4, 0.5) is 0 Å². The Morgan fingerprint density at radius 3 is 0.500 bits per heavy atom. The summed E-state index contributed by atoms with van der Waals surface area (Å²) in [5, 5.41) is 9.69. The average Bonchev–Trinajstić information content (AvgIpc) is 2.42. The molecule has 0 amide bonds. The van der Waals surface area contributed by atoms with Gasteiger partial charge in [0.25, 0.3) is 0 Å². The number of rotatable bonds is 0. The second-order valence-corrected chi connectivity index (χ2v) is 8.61. The van der Waals surface area contributed by atoms with Crippen LogP contribution in [0.3, 0.4) is 0 Å². The second-order valence-electron chi connectivity index (χ2n) is 6.73. The Morgan fingerprint density at radius 1 is 0.396 bits per heavy atom. The van der Waals surface area contributed by atoms with Gasteiger partial charge < -0.3 is 153 Å². The molecule has 2 heterocycles. The van der Waals surface area contributed by atoms with Crippen LogP contribution in [0, 0.1) is 0 Å². The zero-order chi connectivity index (χ0) is 21.0. The molecule has 0 radical (unpaired) electrons. The van der Waals surface area contributed by atoms with Gasteiger partial charge in [-0.15, -0.1) is 0 Å². The standard InChI is InChI=1S/2C6H14N2.5Mo.2H3O4P.2H2O.15O/c2*1-5-3-8-6(2)4-7-5;;;;;;2*1-5(2,3)4;;;;;;;;;;;;;;;;;/h2*5-8H,3-4H2,1-2H3;;;;;;2*(H3,1,2,3,4);2*1H2;;;;;;;;;;;;;;;/q;;;;;;;;;;;15*-2/t2*5-,6+;;;;;;;;;;;;;;;;;;;;;;;;. The molecule has 48 heavy (non-hydrogen) atoms. The van der Waals surface area contributed by atoms with Gasteiger partial charge in [0.2, 0.25) is 0 Å². The van der Waals surface area contributed by atoms with Crippen molar-refractivity contribution in [1.82, 2.24) is 0 Å². The fourth-order valence-electron chi connectivity index (χ4n) is 2.17. The molecule has 29 nitrogen and oxygen atoms in total. The Labute approximate surface area is 349 Å². The molecular weight excluding hydrogens is 1140 g/mol. The van der Waals surface area contributed by atoms with Crippen molar-refractivity contribution in [2.24, 2.45) is 0 Å². The van der Waals surface area contributed by atoms with E-state index in [9.17, 15) is 0 Å². The minimum atomic E-state index is -5.14. The summed E-state index contributed by atoms with van der Waals surface area (Å²) in [7, 11) is -10.3. The Bertz CT molecular complexity index is 397. The van der Waals surface area contributed by atoms with Crippen molar-refractivity contribution >= 4 is 15.6 Å². The van der Waals surface area contributed by atoms with Crippen LogP contribution < -0.4 is 40.8 Å². The first kappa shape index (κ1) is 175. The predicted molar refractivity (Wildman–Crippen MR) is 102 cm³/mol. The fourth-order valence-corrected chi connectivity index (χ4v) is 2.17. The van der Waals surface area contributed by atoms with Crippen LogP contribution in [-0.2, 0) is 197 Å². The Hall–Kier alpha value is 2.82. The normalized spacial score (nSPS) is 15.7. The first-order valence-electron chi connectivity index (χ1n) is 8.40. The van der Waals surface area contributed by atoms with Crippen LogP contribution in [0.25, 0.3) is 0 Å². The maximum atomic E-state index is 8.66. The molecule has 0 aromatic heterocycles. The molecule has 2 aliphatic rings. The third-order valence-corrected chi connectivity index (χ3v) is 3.64. The van der Waals surface area contributed by atoms with Crippen LogP contribution in [0.15, 0.2) is 0 Å². The third-order valence-electron chi connectivity index (χ3n) is 3.64. The Kier molecular flexibility index (Phi) is 358. The SMILES string of the molecule is C[C@@H]1C[NH2+][C@@H](C)C[NH2+]1.C[C@@H]1C[NH2+][C@@H](C)C[NH2+]1.O.O.O=P([O-])([O-])O.O=P([O-])([O-])O.[Mo].[Mo].[Mo].[Mo].[Mo].[O-2].[O-2].[O-2].[O-2].[O-2].[O-2].[O-2].[O-2].[O-2].[O-2].[O-2].[O-2].[O-2].[O-2].[O-2]. The minimum absolute atomic E-state index is 0. The number of quaternary nitrogens is 4. The summed E-state index contributed by atoms with van der Waals surface area (Å²) in [5.74, 6) is 0. The summed E-state index contributed by atoms with van der Waals surface area (Å²) in [4.78, 5) is 48.6. The number of nitrogens with two attached hydrogens (primary N) is 4. The molecule has 0 aliphatic carbocycles. The van der Waals surface area contributed by atoms with Gasteiger partial charge in [-0.25, -0.2) is 0 Å². The van der Waals surface area contributed by atoms with Gasteiger partial charge in [0, 0.05) is 105 Å². The van der Waals surface area contributed by atoms with E-state index in [0.717, 1.165) is 24.2 Å². The monoisotopic (exact) mass is 1190 g/mol. The van der Waals surface area contributed by atoms with Crippen LogP contribution in [0.1, 0.15) is 27.7 Å². The van der Waals surface area contributed by atoms with E-state index in [1.165, 1.54) is 26.2 Å². The van der Waals surface area contributed by atoms with Crippen molar-refractivity contribution in [3.05, 3.63) is 0 Å². The molecular formula is C12H38Mo5N4O25P2-30. The Morgan fingerprint density at radius 2 is 0.458 bits per heavy atom. The van der Waals surface area contributed by atoms with Crippen LogP contribution in [-0.4, -0.2) is 71.1 Å². The van der Waals surface area contributed by atoms with Gasteiger partial charge in [-0.05, 0) is 27.7 Å². The summed E-state index contributed by atoms with van der Waals surface area (Å²) < 4.78 is 17.3. The van der Waals surface area contributed by atoms with E-state index < -0.39 is 15.6 Å². The molecule has 14 N–H and O–H groups in total. The van der Waals surface area contributed by atoms with Crippen LogP contribution >= 0.6 is 15.6 Å². The number of piperazine rings is 2. The molecule has 2 saturated heterocycles. The summed E-state index contributed by atoms with van der Waals surface area (Å²) in [6, 6.07) is 3.36. The van der Waals surface area contributed by atoms with E-state index >= 15 is 0 Å². The number of hydrogen-bond donors (Lipinski definition) is 6. The molecule has 0 unspecified atom stereocenters. The van der Waals surface area contributed by atoms with Crippen molar-refractivity contribution in [3.8, 4) is 0 Å². The largest absolute Gasteiger partial charge is 2.00 e. The maximum absolute atomic E-state index is 8.66. The van der Waals surface area contributed by atoms with Crippen molar-refractivity contribution in [2.75, 3.05) is 26.2 Å². The number of hydrogen-bond acceptors (Lipinski definition) is 6. The average molecular weight is 1180 g/mol. The van der Waals surface area contributed by atoms with Gasteiger partial charge in [-0.2, -0.15) is 0 Å². The molecule has 0 bridgehead atoms. The quantitative estimate of drug-likeness (QED) is 0.0997. The topological polar surface area (TPSA) is 724 Å². The van der Waals surface area contributed by atoms with Crippen LogP contribution in [0.5, 0.6) is 0 Å². The zero-order valence-corrected chi connectivity index (χ0v) is 36.7. The summed E-state index contributed by atoms with van der Waals surface area (Å²) >= 11 is 0. The van der Waals surface area contributed by atoms with Crippen molar-refractivity contribution < 1.29 is 258 Å². The molecule has 2 aliphatic heterocycles. The van der Waals surface area contributed by atoms with Gasteiger partial charge in [-0.3, -0.25) is 0 Å². The third kappa shape index (κ3) is 214. The Balaban J connectivity index is -0.00000000639. The van der Waals surface area contributed by atoms with E-state index in [1.807, 2.05) is 0 Å². The molecule has 0 spiro atoms. The van der Waals surface area contributed by atoms with Gasteiger partial charge in [-0.1, -0.05) is 0 Å².